The van der Waals surface area contributed by atoms with Gasteiger partial charge in [-0.05, 0) is 25.3 Å². The Kier molecular flexibility index (Phi) is 2.53. The summed E-state index contributed by atoms with van der Waals surface area (Å²) in [6, 6.07) is 0.552. The Morgan fingerprint density at radius 3 is 2.44 bits per heavy atom. The van der Waals surface area contributed by atoms with Gasteiger partial charge in [0.05, 0.1) is 6.04 Å². The molecule has 9 heavy (non-hydrogen) atoms. The van der Waals surface area contributed by atoms with Gasteiger partial charge in [-0.25, -0.2) is 4.99 Å². The highest BCUT2D eigenvalue weighted by molar-refractivity contribution is 5.46. The fourth-order valence-corrected chi connectivity index (χ4v) is 1.34. The zero-order chi connectivity index (χ0) is 6.53. The van der Waals surface area contributed by atoms with E-state index in [2.05, 4.69) is 17.4 Å². The molecule has 0 N–H and O–H groups in total. The second-order valence-corrected chi connectivity index (χ2v) is 2.58. The van der Waals surface area contributed by atoms with Gasteiger partial charge in [-0.15, -0.1) is 0 Å². The Balaban J connectivity index is 2.31. The van der Waals surface area contributed by atoms with Crippen LogP contribution >= 0.6 is 0 Å². The molecular weight excluding hydrogens is 110 g/mol. The summed E-state index contributed by atoms with van der Waals surface area (Å²) in [5.41, 5.74) is 0. The minimum Gasteiger partial charge on any atom is -0.240 e. The first-order valence-corrected chi connectivity index (χ1v) is 3.65. The SMILES string of the molecule is C=C=NC1CCCCC1. The van der Waals surface area contributed by atoms with Crippen LogP contribution in [0.2, 0.25) is 0 Å². The lowest BCUT2D eigenvalue weighted by molar-refractivity contribution is 0.445. The summed E-state index contributed by atoms with van der Waals surface area (Å²) in [5.74, 6) is 2.61. The maximum Gasteiger partial charge on any atom is 0.0593 e. The van der Waals surface area contributed by atoms with E-state index in [4.69, 9.17) is 0 Å². The van der Waals surface area contributed by atoms with Crippen molar-refractivity contribution >= 4 is 5.87 Å². The topological polar surface area (TPSA) is 12.4 Å². The van der Waals surface area contributed by atoms with Crippen LogP contribution in [-0.4, -0.2) is 11.9 Å². The van der Waals surface area contributed by atoms with Gasteiger partial charge in [-0.3, -0.25) is 0 Å². The van der Waals surface area contributed by atoms with Crippen LogP contribution in [-0.2, 0) is 0 Å². The highest BCUT2D eigenvalue weighted by Gasteiger charge is 2.09. The second-order valence-electron chi connectivity index (χ2n) is 2.58. The van der Waals surface area contributed by atoms with Crippen molar-refractivity contribution in [2.75, 3.05) is 0 Å². The molecule has 1 saturated carbocycles. The van der Waals surface area contributed by atoms with Crippen LogP contribution in [0.4, 0.5) is 0 Å². The van der Waals surface area contributed by atoms with Gasteiger partial charge >= 0.3 is 0 Å². The average Bonchev–Trinajstić information content (AvgIpc) is 1.91. The van der Waals surface area contributed by atoms with Crippen LogP contribution in [0.5, 0.6) is 0 Å². The first-order chi connectivity index (χ1) is 4.43. The van der Waals surface area contributed by atoms with Crippen molar-refractivity contribution < 1.29 is 0 Å². The summed E-state index contributed by atoms with van der Waals surface area (Å²) in [5, 5.41) is 0. The molecule has 0 unspecified atom stereocenters. The molecule has 0 aromatic carbocycles. The predicted octanol–water partition coefficient (Wildman–Crippen LogP) is 2.17. The molecule has 0 heterocycles. The second kappa shape index (κ2) is 3.47. The molecule has 1 aliphatic rings. The molecule has 1 rings (SSSR count). The average molecular weight is 123 g/mol. The molecule has 0 amide bonds. The summed E-state index contributed by atoms with van der Waals surface area (Å²) in [6.07, 6.45) is 6.58. The van der Waals surface area contributed by atoms with E-state index in [1.165, 1.54) is 32.1 Å². The first-order valence-electron chi connectivity index (χ1n) is 3.65. The van der Waals surface area contributed by atoms with Crippen molar-refractivity contribution in [1.29, 1.82) is 0 Å². The lowest BCUT2D eigenvalue weighted by Gasteiger charge is -2.15. The number of hydrogen-bond donors (Lipinski definition) is 0. The van der Waals surface area contributed by atoms with Crippen LogP contribution in [0, 0.1) is 0 Å². The molecule has 0 aliphatic heterocycles. The van der Waals surface area contributed by atoms with Gasteiger partial charge in [-0.1, -0.05) is 19.3 Å². The van der Waals surface area contributed by atoms with E-state index < -0.39 is 0 Å². The largest absolute Gasteiger partial charge is 0.240 e. The minimum atomic E-state index is 0.552. The monoisotopic (exact) mass is 123 g/mol. The molecule has 0 aromatic heterocycles. The molecule has 50 valence electrons. The van der Waals surface area contributed by atoms with Crippen LogP contribution in [0.1, 0.15) is 32.1 Å². The van der Waals surface area contributed by atoms with Crippen LogP contribution in [0.3, 0.4) is 0 Å². The third-order valence-electron chi connectivity index (χ3n) is 1.85. The Morgan fingerprint density at radius 1 is 1.22 bits per heavy atom. The van der Waals surface area contributed by atoms with Crippen molar-refractivity contribution in [2.45, 2.75) is 38.1 Å². The van der Waals surface area contributed by atoms with Crippen molar-refractivity contribution in [2.24, 2.45) is 4.99 Å². The molecule has 0 radical (unpaired) electrons. The van der Waals surface area contributed by atoms with Gasteiger partial charge in [0, 0.05) is 0 Å². The highest BCUT2D eigenvalue weighted by Crippen LogP contribution is 2.19. The van der Waals surface area contributed by atoms with Gasteiger partial charge in [0.2, 0.25) is 0 Å². The molecule has 0 bridgehead atoms. The fraction of sp³-hybridized carbons (Fsp3) is 0.750. The molecular formula is C8H13N. The van der Waals surface area contributed by atoms with Gasteiger partial charge in [-0.2, -0.15) is 0 Å². The smallest absolute Gasteiger partial charge is 0.0593 e. The Hall–Kier alpha value is -0.550. The molecule has 0 saturated heterocycles. The first kappa shape index (κ1) is 6.57. The Labute approximate surface area is 56.5 Å². The fourth-order valence-electron chi connectivity index (χ4n) is 1.34. The summed E-state index contributed by atoms with van der Waals surface area (Å²) >= 11 is 0. The number of aliphatic imine (C=N–C) groups is 1. The quantitative estimate of drug-likeness (QED) is 0.474. The van der Waals surface area contributed by atoms with E-state index in [1.54, 1.807) is 0 Å². The van der Waals surface area contributed by atoms with Crippen LogP contribution in [0.25, 0.3) is 0 Å². The van der Waals surface area contributed by atoms with Gasteiger partial charge in [0.15, 0.2) is 0 Å². The number of rotatable bonds is 1. The van der Waals surface area contributed by atoms with Gasteiger partial charge < -0.3 is 0 Å². The van der Waals surface area contributed by atoms with Crippen molar-refractivity contribution in [3.05, 3.63) is 6.58 Å². The molecule has 0 aromatic rings. The van der Waals surface area contributed by atoms with E-state index >= 15 is 0 Å². The molecule has 1 nitrogen and oxygen atoms in total. The summed E-state index contributed by atoms with van der Waals surface area (Å²) in [4.78, 5) is 4.12. The standard InChI is InChI=1S/C8H13N/c1-2-9-8-6-4-3-5-7-8/h8H,1,3-7H2. The predicted molar refractivity (Wildman–Crippen MR) is 39.9 cm³/mol. The molecule has 1 fully saturated rings. The zero-order valence-corrected chi connectivity index (χ0v) is 5.77. The van der Waals surface area contributed by atoms with Crippen LogP contribution < -0.4 is 0 Å². The third-order valence-corrected chi connectivity index (χ3v) is 1.85. The van der Waals surface area contributed by atoms with E-state index in [0.29, 0.717) is 6.04 Å². The molecule has 0 atom stereocenters. The normalized spacial score (nSPS) is 20.9. The van der Waals surface area contributed by atoms with Gasteiger partial charge in [0.25, 0.3) is 0 Å². The number of hydrogen-bond acceptors (Lipinski definition) is 1. The van der Waals surface area contributed by atoms with Gasteiger partial charge in [0.1, 0.15) is 0 Å². The third kappa shape index (κ3) is 2.03. The summed E-state index contributed by atoms with van der Waals surface area (Å²) in [6.45, 7) is 3.46. The van der Waals surface area contributed by atoms with Crippen molar-refractivity contribution in [1.82, 2.24) is 0 Å². The summed E-state index contributed by atoms with van der Waals surface area (Å²) in [7, 11) is 0. The molecule has 0 spiro atoms. The minimum absolute atomic E-state index is 0.552. The zero-order valence-electron chi connectivity index (χ0n) is 5.77. The Bertz CT molecular complexity index is 117. The summed E-state index contributed by atoms with van der Waals surface area (Å²) < 4.78 is 0. The highest BCUT2D eigenvalue weighted by atomic mass is 14.7. The van der Waals surface area contributed by atoms with E-state index in [0.717, 1.165) is 0 Å². The van der Waals surface area contributed by atoms with Crippen molar-refractivity contribution in [3.8, 4) is 0 Å². The number of nitrogens with zero attached hydrogens (tertiary/aromatic N) is 1. The van der Waals surface area contributed by atoms with Crippen molar-refractivity contribution in [3.63, 3.8) is 0 Å². The Morgan fingerprint density at radius 2 is 1.89 bits per heavy atom. The van der Waals surface area contributed by atoms with E-state index in [9.17, 15) is 0 Å². The van der Waals surface area contributed by atoms with E-state index in [-0.39, 0.29) is 0 Å². The lowest BCUT2D eigenvalue weighted by Crippen LogP contribution is -2.08. The molecule has 1 aliphatic carbocycles. The van der Waals surface area contributed by atoms with Crippen LogP contribution in [0.15, 0.2) is 11.6 Å². The molecule has 1 heteroatoms. The maximum absolute atomic E-state index is 4.12. The maximum atomic E-state index is 4.12. The lowest BCUT2D eigenvalue weighted by atomic mass is 9.96. The van der Waals surface area contributed by atoms with E-state index in [1.807, 2.05) is 0 Å².